The van der Waals surface area contributed by atoms with Crippen molar-refractivity contribution in [1.29, 1.82) is 0 Å². The van der Waals surface area contributed by atoms with E-state index >= 15 is 0 Å². The summed E-state index contributed by atoms with van der Waals surface area (Å²) in [5, 5.41) is 2.86. The molecule has 0 fully saturated rings. The Morgan fingerprint density at radius 1 is 1.21 bits per heavy atom. The number of sulfone groups is 1. The summed E-state index contributed by atoms with van der Waals surface area (Å²) in [5.41, 5.74) is -3.37. The Morgan fingerprint density at radius 2 is 1.79 bits per heavy atom. The van der Waals surface area contributed by atoms with Crippen LogP contribution in [0, 0.1) is 0 Å². The summed E-state index contributed by atoms with van der Waals surface area (Å²) in [7, 11) is -3.21. The van der Waals surface area contributed by atoms with Crippen molar-refractivity contribution in [3.63, 3.8) is 0 Å². The molecule has 0 aliphatic heterocycles. The first kappa shape index (κ1) is 16.3. The fourth-order valence-electron chi connectivity index (χ4n) is 1.33. The molecule has 8 heteroatoms. The molecular formula is C11H14F3NO2S2. The summed E-state index contributed by atoms with van der Waals surface area (Å²) in [6.45, 7) is 0.639. The first-order chi connectivity index (χ1) is 8.68. The van der Waals surface area contributed by atoms with Gasteiger partial charge in [-0.05, 0) is 29.5 Å². The van der Waals surface area contributed by atoms with E-state index in [-0.39, 0.29) is 29.0 Å². The fraction of sp³-hybridized carbons (Fsp3) is 0.455. The average molecular weight is 313 g/mol. The predicted molar refractivity (Wildman–Crippen MR) is 69.8 cm³/mol. The van der Waals surface area contributed by atoms with Crippen LogP contribution in [0.2, 0.25) is 0 Å². The van der Waals surface area contributed by atoms with Crippen LogP contribution in [0.3, 0.4) is 0 Å². The molecule has 0 aliphatic carbocycles. The van der Waals surface area contributed by atoms with Crippen molar-refractivity contribution in [2.24, 2.45) is 0 Å². The Morgan fingerprint density at radius 3 is 2.26 bits per heavy atom. The molecule has 0 aromatic heterocycles. The molecule has 0 aliphatic rings. The van der Waals surface area contributed by atoms with Gasteiger partial charge in [0.15, 0.2) is 9.84 Å². The lowest BCUT2D eigenvalue weighted by Crippen LogP contribution is -2.18. The minimum atomic E-state index is -4.20. The SMILES string of the molecule is CS(=O)(=O)c1ccc(CNCCSC(F)(F)F)cc1. The van der Waals surface area contributed by atoms with E-state index in [0.29, 0.717) is 6.54 Å². The third-order valence-corrected chi connectivity index (χ3v) is 4.09. The van der Waals surface area contributed by atoms with Gasteiger partial charge < -0.3 is 5.32 Å². The number of alkyl halides is 3. The third kappa shape index (κ3) is 6.84. The van der Waals surface area contributed by atoms with Gasteiger partial charge in [-0.25, -0.2) is 8.42 Å². The molecule has 0 spiro atoms. The van der Waals surface area contributed by atoms with E-state index < -0.39 is 15.3 Å². The van der Waals surface area contributed by atoms with Gasteiger partial charge in [-0.1, -0.05) is 12.1 Å². The molecule has 1 rings (SSSR count). The quantitative estimate of drug-likeness (QED) is 0.820. The van der Waals surface area contributed by atoms with Crippen molar-refractivity contribution in [2.45, 2.75) is 16.9 Å². The predicted octanol–water partition coefficient (Wildman–Crippen LogP) is 2.43. The Bertz CT molecular complexity index is 498. The van der Waals surface area contributed by atoms with E-state index in [1.54, 1.807) is 12.1 Å². The second-order valence-corrected chi connectivity index (χ2v) is 7.06. The minimum Gasteiger partial charge on any atom is -0.312 e. The summed E-state index contributed by atoms with van der Waals surface area (Å²) in [6, 6.07) is 6.24. The zero-order valence-electron chi connectivity index (χ0n) is 10.2. The van der Waals surface area contributed by atoms with Crippen molar-refractivity contribution < 1.29 is 21.6 Å². The molecule has 0 unspecified atom stereocenters. The number of hydrogen-bond donors (Lipinski definition) is 1. The Labute approximate surface area is 114 Å². The lowest BCUT2D eigenvalue weighted by atomic mass is 10.2. The third-order valence-electron chi connectivity index (χ3n) is 2.23. The van der Waals surface area contributed by atoms with Crippen LogP contribution in [0.25, 0.3) is 0 Å². The minimum absolute atomic E-state index is 0.0507. The highest BCUT2D eigenvalue weighted by Crippen LogP contribution is 2.29. The van der Waals surface area contributed by atoms with Crippen LogP contribution >= 0.6 is 11.8 Å². The van der Waals surface area contributed by atoms with Gasteiger partial charge in [-0.15, -0.1) is 0 Å². The van der Waals surface area contributed by atoms with Gasteiger partial charge in [-0.2, -0.15) is 13.2 Å². The maximum atomic E-state index is 11.8. The average Bonchev–Trinajstić information content (AvgIpc) is 2.26. The summed E-state index contributed by atoms with van der Waals surface area (Å²) < 4.78 is 57.9. The van der Waals surface area contributed by atoms with E-state index in [9.17, 15) is 21.6 Å². The Hall–Kier alpha value is -0.730. The van der Waals surface area contributed by atoms with Gasteiger partial charge in [0.1, 0.15) is 0 Å². The number of thioether (sulfide) groups is 1. The standard InChI is InChI=1S/C11H14F3NO2S2/c1-19(16,17)10-4-2-9(3-5-10)8-15-6-7-18-11(12,13)14/h2-5,15H,6-8H2,1H3. The highest BCUT2D eigenvalue weighted by atomic mass is 32.2. The molecule has 108 valence electrons. The molecule has 0 saturated carbocycles. The molecule has 0 saturated heterocycles. The highest BCUT2D eigenvalue weighted by Gasteiger charge is 2.27. The number of halogens is 3. The normalized spacial score (nSPS) is 12.6. The number of benzene rings is 1. The molecule has 0 atom stereocenters. The van der Waals surface area contributed by atoms with E-state index in [1.807, 2.05) is 0 Å². The van der Waals surface area contributed by atoms with Crippen molar-refractivity contribution in [1.82, 2.24) is 5.32 Å². The molecule has 3 nitrogen and oxygen atoms in total. The summed E-state index contributed by atoms with van der Waals surface area (Å²) in [4.78, 5) is 0.226. The van der Waals surface area contributed by atoms with Crippen molar-refractivity contribution in [3.8, 4) is 0 Å². The lowest BCUT2D eigenvalue weighted by Gasteiger charge is -2.07. The van der Waals surface area contributed by atoms with Crippen LogP contribution in [0.5, 0.6) is 0 Å². The smallest absolute Gasteiger partial charge is 0.312 e. The molecule has 19 heavy (non-hydrogen) atoms. The second kappa shape index (κ2) is 6.62. The van der Waals surface area contributed by atoms with Crippen LogP contribution in [0.15, 0.2) is 29.2 Å². The van der Waals surface area contributed by atoms with Gasteiger partial charge >= 0.3 is 5.51 Å². The zero-order chi connectivity index (χ0) is 14.5. The van der Waals surface area contributed by atoms with Gasteiger partial charge in [-0.3, -0.25) is 0 Å². The number of hydrogen-bond acceptors (Lipinski definition) is 4. The maximum Gasteiger partial charge on any atom is 0.441 e. The van der Waals surface area contributed by atoms with E-state index in [0.717, 1.165) is 11.8 Å². The molecule has 1 N–H and O–H groups in total. The summed E-state index contributed by atoms with van der Waals surface area (Å²) in [6.07, 6.45) is 1.12. The monoisotopic (exact) mass is 313 g/mol. The molecule has 0 bridgehead atoms. The number of rotatable bonds is 6. The first-order valence-corrected chi connectivity index (χ1v) is 8.26. The Kier molecular flexibility index (Phi) is 5.69. The second-order valence-electron chi connectivity index (χ2n) is 3.89. The fourth-order valence-corrected chi connectivity index (χ4v) is 2.43. The van der Waals surface area contributed by atoms with E-state index in [1.165, 1.54) is 12.1 Å². The van der Waals surface area contributed by atoms with Crippen LogP contribution < -0.4 is 5.32 Å². The van der Waals surface area contributed by atoms with E-state index in [2.05, 4.69) is 5.32 Å². The molecule has 1 aromatic rings. The van der Waals surface area contributed by atoms with Gasteiger partial charge in [0.25, 0.3) is 0 Å². The van der Waals surface area contributed by atoms with Crippen molar-refractivity contribution in [3.05, 3.63) is 29.8 Å². The van der Waals surface area contributed by atoms with E-state index in [4.69, 9.17) is 0 Å². The largest absolute Gasteiger partial charge is 0.441 e. The lowest BCUT2D eigenvalue weighted by molar-refractivity contribution is -0.0327. The van der Waals surface area contributed by atoms with Gasteiger partial charge in [0.2, 0.25) is 0 Å². The molecular weight excluding hydrogens is 299 g/mol. The molecule has 0 heterocycles. The highest BCUT2D eigenvalue weighted by molar-refractivity contribution is 8.00. The van der Waals surface area contributed by atoms with Crippen molar-refractivity contribution in [2.75, 3.05) is 18.6 Å². The summed E-state index contributed by atoms with van der Waals surface area (Å²) >= 11 is -0.0673. The number of nitrogens with one attached hydrogen (secondary N) is 1. The van der Waals surface area contributed by atoms with Gasteiger partial charge in [0, 0.05) is 25.1 Å². The Balaban J connectivity index is 2.35. The van der Waals surface area contributed by atoms with Crippen LogP contribution in [-0.2, 0) is 16.4 Å². The maximum absolute atomic E-state index is 11.8. The molecule has 0 radical (unpaired) electrons. The van der Waals surface area contributed by atoms with Crippen molar-refractivity contribution >= 4 is 21.6 Å². The van der Waals surface area contributed by atoms with Gasteiger partial charge in [0.05, 0.1) is 4.90 Å². The zero-order valence-corrected chi connectivity index (χ0v) is 11.8. The van der Waals surface area contributed by atoms with Crippen LogP contribution in [0.4, 0.5) is 13.2 Å². The summed E-state index contributed by atoms with van der Waals surface area (Å²) in [5.74, 6) is -0.0507. The topological polar surface area (TPSA) is 46.2 Å². The van der Waals surface area contributed by atoms with Crippen LogP contribution in [0.1, 0.15) is 5.56 Å². The van der Waals surface area contributed by atoms with Crippen LogP contribution in [-0.4, -0.2) is 32.5 Å². The first-order valence-electron chi connectivity index (χ1n) is 5.39. The molecule has 0 amide bonds. The molecule has 1 aromatic carbocycles.